The molecule has 0 saturated carbocycles. The number of rotatable bonds is 5. The van der Waals surface area contributed by atoms with Crippen LogP contribution in [0.5, 0.6) is 0 Å². The number of carbonyl (C=O) groups excluding carboxylic acids is 1. The van der Waals surface area contributed by atoms with Gasteiger partial charge < -0.3 is 10.1 Å². The summed E-state index contributed by atoms with van der Waals surface area (Å²) in [6.07, 6.45) is 1.59. The zero-order valence-corrected chi connectivity index (χ0v) is 8.19. The monoisotopic (exact) mass is 194 g/mol. The summed E-state index contributed by atoms with van der Waals surface area (Å²) in [5.41, 5.74) is 0.434. The lowest BCUT2D eigenvalue weighted by molar-refractivity contribution is 0.0918. The first-order chi connectivity index (χ1) is 6.84. The zero-order valence-electron chi connectivity index (χ0n) is 8.19. The molecule has 0 radical (unpaired) electrons. The Balaban J connectivity index is 2.29. The van der Waals surface area contributed by atoms with E-state index in [2.05, 4.69) is 10.3 Å². The fourth-order valence-corrected chi connectivity index (χ4v) is 0.969. The molecule has 4 heteroatoms. The molecule has 1 N–H and O–H groups in total. The summed E-state index contributed by atoms with van der Waals surface area (Å²) >= 11 is 0. The van der Waals surface area contributed by atoms with Gasteiger partial charge in [-0.15, -0.1) is 0 Å². The van der Waals surface area contributed by atoms with E-state index in [4.69, 9.17) is 4.74 Å². The van der Waals surface area contributed by atoms with E-state index in [1.54, 1.807) is 24.4 Å². The third-order valence-corrected chi connectivity index (χ3v) is 1.63. The van der Waals surface area contributed by atoms with Crippen molar-refractivity contribution >= 4 is 5.91 Å². The van der Waals surface area contributed by atoms with Gasteiger partial charge in [0.05, 0.1) is 6.61 Å². The second-order valence-electron chi connectivity index (χ2n) is 2.67. The fourth-order valence-electron chi connectivity index (χ4n) is 0.969. The van der Waals surface area contributed by atoms with Crippen molar-refractivity contribution < 1.29 is 9.53 Å². The van der Waals surface area contributed by atoms with Crippen molar-refractivity contribution in [3.8, 4) is 0 Å². The Hall–Kier alpha value is -1.42. The predicted molar refractivity (Wildman–Crippen MR) is 53.1 cm³/mol. The number of ether oxygens (including phenoxy) is 1. The van der Waals surface area contributed by atoms with Gasteiger partial charge in [-0.05, 0) is 19.1 Å². The van der Waals surface area contributed by atoms with Crippen LogP contribution in [0, 0.1) is 0 Å². The fraction of sp³-hybridized carbons (Fsp3) is 0.400. The lowest BCUT2D eigenvalue weighted by Crippen LogP contribution is -2.27. The van der Waals surface area contributed by atoms with Gasteiger partial charge in [-0.1, -0.05) is 6.07 Å². The molecule has 76 valence electrons. The molecule has 0 atom stereocenters. The average Bonchev–Trinajstić information content (AvgIpc) is 2.25. The molecule has 0 aliphatic rings. The van der Waals surface area contributed by atoms with Gasteiger partial charge in [0.25, 0.3) is 5.91 Å². The van der Waals surface area contributed by atoms with E-state index < -0.39 is 0 Å². The minimum absolute atomic E-state index is 0.162. The highest BCUT2D eigenvalue weighted by molar-refractivity contribution is 5.92. The number of hydrogen-bond donors (Lipinski definition) is 1. The molecule has 1 heterocycles. The van der Waals surface area contributed by atoms with Crippen molar-refractivity contribution in [3.63, 3.8) is 0 Å². The molecule has 0 fully saturated rings. The van der Waals surface area contributed by atoms with Crippen LogP contribution in [0.4, 0.5) is 0 Å². The maximum absolute atomic E-state index is 11.4. The van der Waals surface area contributed by atoms with Crippen molar-refractivity contribution in [2.75, 3.05) is 19.8 Å². The molecule has 0 saturated heterocycles. The van der Waals surface area contributed by atoms with Gasteiger partial charge in [-0.2, -0.15) is 0 Å². The summed E-state index contributed by atoms with van der Waals surface area (Å²) in [6.45, 7) is 3.64. The Morgan fingerprint density at radius 2 is 2.43 bits per heavy atom. The van der Waals surface area contributed by atoms with Crippen molar-refractivity contribution in [2.45, 2.75) is 6.92 Å². The summed E-state index contributed by atoms with van der Waals surface area (Å²) in [6, 6.07) is 5.23. The molecule has 1 aromatic rings. The molecule has 4 nitrogen and oxygen atoms in total. The van der Waals surface area contributed by atoms with Crippen LogP contribution in [0.1, 0.15) is 17.4 Å². The second kappa shape index (κ2) is 6.10. The number of amides is 1. The number of aromatic nitrogens is 1. The first-order valence-electron chi connectivity index (χ1n) is 4.61. The van der Waals surface area contributed by atoms with Crippen molar-refractivity contribution in [1.82, 2.24) is 10.3 Å². The van der Waals surface area contributed by atoms with E-state index in [1.807, 2.05) is 6.92 Å². The quantitative estimate of drug-likeness (QED) is 0.707. The summed E-state index contributed by atoms with van der Waals surface area (Å²) in [7, 11) is 0. The van der Waals surface area contributed by atoms with Crippen LogP contribution in [0.3, 0.4) is 0 Å². The van der Waals surface area contributed by atoms with Gasteiger partial charge in [0, 0.05) is 19.3 Å². The van der Waals surface area contributed by atoms with Gasteiger partial charge >= 0.3 is 0 Å². The Labute approximate surface area is 83.3 Å². The van der Waals surface area contributed by atoms with Crippen LogP contribution in [-0.2, 0) is 4.74 Å². The van der Waals surface area contributed by atoms with Crippen LogP contribution in [-0.4, -0.2) is 30.6 Å². The molecular formula is C10H14N2O2. The van der Waals surface area contributed by atoms with Gasteiger partial charge in [-0.25, -0.2) is 0 Å². The predicted octanol–water partition coefficient (Wildman–Crippen LogP) is 0.848. The van der Waals surface area contributed by atoms with Gasteiger partial charge in [0.2, 0.25) is 0 Å². The second-order valence-corrected chi connectivity index (χ2v) is 2.67. The summed E-state index contributed by atoms with van der Waals surface area (Å²) in [4.78, 5) is 15.3. The highest BCUT2D eigenvalue weighted by Crippen LogP contribution is 1.91. The minimum Gasteiger partial charge on any atom is -0.380 e. The first-order valence-corrected chi connectivity index (χ1v) is 4.61. The number of pyridine rings is 1. The standard InChI is InChI=1S/C10H14N2O2/c1-2-14-8-7-12-10(13)9-5-3-4-6-11-9/h3-6H,2,7-8H2,1H3,(H,12,13). The van der Waals surface area contributed by atoms with E-state index in [0.29, 0.717) is 25.5 Å². The molecule has 1 amide bonds. The van der Waals surface area contributed by atoms with Crippen molar-refractivity contribution in [2.24, 2.45) is 0 Å². The molecule has 0 aliphatic carbocycles. The Kier molecular flexibility index (Phi) is 4.64. The van der Waals surface area contributed by atoms with E-state index in [0.717, 1.165) is 0 Å². The molecular weight excluding hydrogens is 180 g/mol. The molecule has 0 aliphatic heterocycles. The third kappa shape index (κ3) is 3.53. The maximum atomic E-state index is 11.4. The first kappa shape index (κ1) is 10.7. The SMILES string of the molecule is CCOCCNC(=O)c1ccccn1. The van der Waals surface area contributed by atoms with Crippen LogP contribution in [0.15, 0.2) is 24.4 Å². The molecule has 1 rings (SSSR count). The molecule has 0 aromatic carbocycles. The molecule has 14 heavy (non-hydrogen) atoms. The normalized spacial score (nSPS) is 9.79. The lowest BCUT2D eigenvalue weighted by atomic mass is 10.3. The van der Waals surface area contributed by atoms with Crippen LogP contribution in [0.2, 0.25) is 0 Å². The topological polar surface area (TPSA) is 51.2 Å². The van der Waals surface area contributed by atoms with Gasteiger partial charge in [0.1, 0.15) is 5.69 Å². The lowest BCUT2D eigenvalue weighted by Gasteiger charge is -2.03. The van der Waals surface area contributed by atoms with Gasteiger partial charge in [0.15, 0.2) is 0 Å². The van der Waals surface area contributed by atoms with E-state index in [-0.39, 0.29) is 5.91 Å². The maximum Gasteiger partial charge on any atom is 0.269 e. The molecule has 1 aromatic heterocycles. The van der Waals surface area contributed by atoms with Crippen LogP contribution >= 0.6 is 0 Å². The summed E-state index contributed by atoms with van der Waals surface area (Å²) < 4.78 is 5.08. The molecule has 0 spiro atoms. The smallest absolute Gasteiger partial charge is 0.269 e. The average molecular weight is 194 g/mol. The Morgan fingerprint density at radius 3 is 3.07 bits per heavy atom. The van der Waals surface area contributed by atoms with Crippen molar-refractivity contribution in [3.05, 3.63) is 30.1 Å². The largest absolute Gasteiger partial charge is 0.380 e. The molecule has 0 unspecified atom stereocenters. The van der Waals surface area contributed by atoms with Crippen LogP contribution in [0.25, 0.3) is 0 Å². The Bertz CT molecular complexity index is 275. The molecule has 0 bridgehead atoms. The summed E-state index contributed by atoms with van der Waals surface area (Å²) in [5.74, 6) is -0.162. The van der Waals surface area contributed by atoms with Crippen LogP contribution < -0.4 is 5.32 Å². The van der Waals surface area contributed by atoms with E-state index >= 15 is 0 Å². The highest BCUT2D eigenvalue weighted by Gasteiger charge is 2.03. The third-order valence-electron chi connectivity index (χ3n) is 1.63. The Morgan fingerprint density at radius 1 is 1.57 bits per heavy atom. The number of nitrogens with one attached hydrogen (secondary N) is 1. The number of nitrogens with zero attached hydrogens (tertiary/aromatic N) is 1. The van der Waals surface area contributed by atoms with Crippen molar-refractivity contribution in [1.29, 1.82) is 0 Å². The number of hydrogen-bond acceptors (Lipinski definition) is 3. The minimum atomic E-state index is -0.162. The van der Waals surface area contributed by atoms with E-state index in [9.17, 15) is 4.79 Å². The zero-order chi connectivity index (χ0) is 10.2. The number of carbonyl (C=O) groups is 1. The summed E-state index contributed by atoms with van der Waals surface area (Å²) in [5, 5.41) is 2.71. The van der Waals surface area contributed by atoms with Gasteiger partial charge in [-0.3, -0.25) is 9.78 Å². The highest BCUT2D eigenvalue weighted by atomic mass is 16.5. The van der Waals surface area contributed by atoms with E-state index in [1.165, 1.54) is 0 Å².